The Bertz CT molecular complexity index is 1230. The minimum atomic E-state index is -1.55. The highest BCUT2D eigenvalue weighted by molar-refractivity contribution is 7.31. The van der Waals surface area contributed by atoms with E-state index in [1.165, 1.54) is 41.5 Å². The van der Waals surface area contributed by atoms with Crippen LogP contribution in [0.1, 0.15) is 124 Å². The van der Waals surface area contributed by atoms with Crippen LogP contribution in [0.3, 0.4) is 0 Å². The van der Waals surface area contributed by atoms with E-state index in [0.717, 1.165) is 34.8 Å². The summed E-state index contributed by atoms with van der Waals surface area (Å²) >= 11 is 0. The molecule has 0 aliphatic heterocycles. The monoisotopic (exact) mass is 512 g/mol. The van der Waals surface area contributed by atoms with Gasteiger partial charge in [-0.25, -0.2) is 0 Å². The van der Waals surface area contributed by atoms with Crippen LogP contribution in [0.2, 0.25) is 0 Å². The lowest BCUT2D eigenvalue weighted by Crippen LogP contribution is -2.16. The molecule has 1 atom stereocenters. The summed E-state index contributed by atoms with van der Waals surface area (Å²) in [7, 11) is -1.55. The maximum absolute atomic E-state index is 6.72. The van der Waals surface area contributed by atoms with Gasteiger partial charge in [0, 0.05) is 16.3 Å². The van der Waals surface area contributed by atoms with Crippen LogP contribution in [0.5, 0.6) is 0 Å². The number of benzene rings is 2. The Balaban J connectivity index is 2.47. The van der Waals surface area contributed by atoms with E-state index in [1.54, 1.807) is 0 Å². The standard InChI is InChI=1S/C32H49O3P/c1-12-14-15-16-17-33-36-34-28-22(13-2)18-23(30(3,4)5)19-25(28)26-20-24(31(6,7)8)21-27(29(26)35-36)32(9,10)11/h18-21H,12-17H2,1-11H3. The van der Waals surface area contributed by atoms with Crippen LogP contribution >= 0.6 is 8.24 Å². The summed E-state index contributed by atoms with van der Waals surface area (Å²) in [5.74, 6) is 0. The fourth-order valence-electron chi connectivity index (χ4n) is 4.50. The molecule has 0 saturated carbocycles. The van der Waals surface area contributed by atoms with Crippen LogP contribution in [0.25, 0.3) is 21.9 Å². The van der Waals surface area contributed by atoms with Gasteiger partial charge in [0.1, 0.15) is 11.2 Å². The van der Waals surface area contributed by atoms with Crippen LogP contribution in [0.15, 0.2) is 32.7 Å². The summed E-state index contributed by atoms with van der Waals surface area (Å²) < 4.78 is 19.7. The number of fused-ring (bicyclic) bond motifs is 3. The molecular weight excluding hydrogens is 463 g/mol. The van der Waals surface area contributed by atoms with Crippen molar-refractivity contribution >= 4 is 30.2 Å². The molecule has 3 nitrogen and oxygen atoms in total. The first-order valence-electron chi connectivity index (χ1n) is 13.8. The van der Waals surface area contributed by atoms with Crippen LogP contribution in [-0.2, 0) is 22.7 Å². The molecule has 4 heteroatoms. The SMILES string of the molecule is CCCCCCOp1oc2c(CC)cc(C(C)(C)C)cc2c2cc(C(C)(C)C)cc(C(C)(C)C)c2o1. The molecule has 1 aromatic heterocycles. The third kappa shape index (κ3) is 6.59. The van der Waals surface area contributed by atoms with Crippen LogP contribution in [0.4, 0.5) is 0 Å². The number of hydrogen-bond donors (Lipinski definition) is 0. The highest BCUT2D eigenvalue weighted by Gasteiger charge is 2.26. The van der Waals surface area contributed by atoms with Gasteiger partial charge in [0.2, 0.25) is 0 Å². The van der Waals surface area contributed by atoms with E-state index in [9.17, 15) is 0 Å². The van der Waals surface area contributed by atoms with Gasteiger partial charge in [0.25, 0.3) is 0 Å². The number of unbranched alkanes of at least 4 members (excludes halogenated alkanes) is 3. The Morgan fingerprint density at radius 1 is 0.667 bits per heavy atom. The Labute approximate surface area is 220 Å². The third-order valence-electron chi connectivity index (χ3n) is 6.99. The van der Waals surface area contributed by atoms with Gasteiger partial charge in [0.15, 0.2) is 0 Å². The molecule has 2 aromatic carbocycles. The lowest BCUT2D eigenvalue weighted by Gasteiger charge is -2.26. The molecule has 1 heterocycles. The number of hydrogen-bond acceptors (Lipinski definition) is 3. The predicted octanol–water partition coefficient (Wildman–Crippen LogP) is 10.8. The fourth-order valence-corrected chi connectivity index (χ4v) is 5.63. The third-order valence-corrected chi connectivity index (χ3v) is 8.05. The molecular formula is C32H49O3P. The van der Waals surface area contributed by atoms with Crippen molar-refractivity contribution in [2.45, 2.75) is 125 Å². The zero-order valence-corrected chi connectivity index (χ0v) is 25.6. The van der Waals surface area contributed by atoms with Crippen molar-refractivity contribution in [3.63, 3.8) is 0 Å². The predicted molar refractivity (Wildman–Crippen MR) is 157 cm³/mol. The zero-order valence-electron chi connectivity index (χ0n) is 24.7. The summed E-state index contributed by atoms with van der Waals surface area (Å²) in [6.45, 7) is 25.6. The fraction of sp³-hybridized carbons (Fsp3) is 0.625. The van der Waals surface area contributed by atoms with E-state index in [4.69, 9.17) is 12.9 Å². The van der Waals surface area contributed by atoms with Gasteiger partial charge in [0.05, 0.1) is 6.61 Å². The van der Waals surface area contributed by atoms with Crippen molar-refractivity contribution in [1.82, 2.24) is 0 Å². The van der Waals surface area contributed by atoms with E-state index in [-0.39, 0.29) is 16.2 Å². The highest BCUT2D eigenvalue weighted by Crippen LogP contribution is 2.43. The highest BCUT2D eigenvalue weighted by atomic mass is 31.1. The Morgan fingerprint density at radius 3 is 1.75 bits per heavy atom. The second-order valence-electron chi connectivity index (χ2n) is 13.3. The molecule has 200 valence electrons. The minimum Gasteiger partial charge on any atom is -0.399 e. The first kappa shape index (κ1) is 28.9. The normalized spacial score (nSPS) is 13.6. The van der Waals surface area contributed by atoms with Crippen molar-refractivity contribution in [3.05, 3.63) is 46.5 Å². The summed E-state index contributed by atoms with van der Waals surface area (Å²) in [5, 5.41) is 2.26. The first-order chi connectivity index (χ1) is 16.7. The molecule has 3 rings (SSSR count). The molecule has 0 aliphatic carbocycles. The average Bonchev–Trinajstić information content (AvgIpc) is 2.92. The lowest BCUT2D eigenvalue weighted by molar-refractivity contribution is 0.357. The molecule has 0 aliphatic rings. The Hall–Kier alpha value is -1.70. The summed E-state index contributed by atoms with van der Waals surface area (Å²) in [6, 6.07) is 9.32. The Morgan fingerprint density at radius 2 is 1.22 bits per heavy atom. The van der Waals surface area contributed by atoms with Gasteiger partial charge < -0.3 is 8.39 Å². The van der Waals surface area contributed by atoms with Gasteiger partial charge in [-0.1, -0.05) is 108 Å². The molecule has 0 N–H and O–H groups in total. The van der Waals surface area contributed by atoms with Gasteiger partial charge >= 0.3 is 8.24 Å². The van der Waals surface area contributed by atoms with Crippen LogP contribution < -0.4 is 4.52 Å². The molecule has 0 saturated heterocycles. The smallest absolute Gasteiger partial charge is 0.387 e. The van der Waals surface area contributed by atoms with Crippen molar-refractivity contribution in [3.8, 4) is 0 Å². The maximum Gasteiger partial charge on any atom is 0.387 e. The second kappa shape index (κ2) is 11.0. The van der Waals surface area contributed by atoms with E-state index in [0.29, 0.717) is 6.61 Å². The van der Waals surface area contributed by atoms with E-state index < -0.39 is 8.24 Å². The molecule has 0 spiro atoms. The topological polar surface area (TPSA) is 35.5 Å². The van der Waals surface area contributed by atoms with Gasteiger partial charge in [-0.15, -0.1) is 0 Å². The van der Waals surface area contributed by atoms with E-state index in [2.05, 4.69) is 100 Å². The molecule has 0 amide bonds. The molecule has 0 fully saturated rings. The van der Waals surface area contributed by atoms with Crippen molar-refractivity contribution < 1.29 is 12.9 Å². The maximum atomic E-state index is 6.72. The summed E-state index contributed by atoms with van der Waals surface area (Å²) in [6.07, 6.45) is 5.53. The van der Waals surface area contributed by atoms with Crippen LogP contribution in [-0.4, -0.2) is 6.61 Å². The van der Waals surface area contributed by atoms with E-state index in [1.807, 2.05) is 0 Å². The molecule has 36 heavy (non-hydrogen) atoms. The molecule has 3 aromatic rings. The Kier molecular flexibility index (Phi) is 8.79. The van der Waals surface area contributed by atoms with Gasteiger partial charge in [-0.2, -0.15) is 0 Å². The van der Waals surface area contributed by atoms with E-state index >= 15 is 0 Å². The van der Waals surface area contributed by atoms with Crippen LogP contribution in [0, 0.1) is 0 Å². The zero-order chi connectivity index (χ0) is 26.9. The van der Waals surface area contributed by atoms with Gasteiger partial charge in [-0.3, -0.25) is 4.52 Å². The van der Waals surface area contributed by atoms with Crippen molar-refractivity contribution in [2.75, 3.05) is 6.61 Å². The second-order valence-corrected chi connectivity index (χ2v) is 14.4. The lowest BCUT2D eigenvalue weighted by atomic mass is 9.79. The quantitative estimate of drug-likeness (QED) is 0.295. The minimum absolute atomic E-state index is 0.0120. The molecule has 0 radical (unpaired) electrons. The average molecular weight is 513 g/mol. The number of aryl methyl sites for hydroxylation is 1. The first-order valence-corrected chi connectivity index (χ1v) is 14.9. The summed E-state index contributed by atoms with van der Waals surface area (Å²) in [4.78, 5) is 0. The molecule has 1 unspecified atom stereocenters. The largest absolute Gasteiger partial charge is 0.399 e. The summed E-state index contributed by atoms with van der Waals surface area (Å²) in [5.41, 5.74) is 6.85. The van der Waals surface area contributed by atoms with Crippen molar-refractivity contribution in [2.24, 2.45) is 0 Å². The molecule has 0 bridgehead atoms. The van der Waals surface area contributed by atoms with Gasteiger partial charge in [-0.05, 0) is 57.9 Å². The van der Waals surface area contributed by atoms with Crippen molar-refractivity contribution in [1.29, 1.82) is 0 Å². The number of rotatable bonds is 7.